The Balaban J connectivity index is 2.54. The van der Waals surface area contributed by atoms with Gasteiger partial charge in [0.2, 0.25) is 0 Å². The van der Waals surface area contributed by atoms with Crippen LogP contribution >= 0.6 is 15.9 Å². The summed E-state index contributed by atoms with van der Waals surface area (Å²) in [7, 11) is 0. The van der Waals surface area contributed by atoms with E-state index in [1.54, 1.807) is 6.20 Å². The highest BCUT2D eigenvalue weighted by Crippen LogP contribution is 2.31. The van der Waals surface area contributed by atoms with Crippen LogP contribution in [0, 0.1) is 10.1 Å². The number of nitrogens with zero attached hydrogens (tertiary/aromatic N) is 2. The molecular formula is C9H9BrN2O3. The number of aromatic nitrogens is 1. The van der Waals surface area contributed by atoms with Crippen molar-refractivity contribution in [1.29, 1.82) is 0 Å². The van der Waals surface area contributed by atoms with Crippen molar-refractivity contribution in [1.82, 2.24) is 4.57 Å². The van der Waals surface area contributed by atoms with E-state index >= 15 is 0 Å². The second-order valence-corrected chi connectivity index (χ2v) is 4.51. The standard InChI is InChI=1S/C9H9BrN2O3/c10-6-4-8(12(14)15)9(13)11(5-6)7-2-1-3-7/h4-5,7H,1-3H2. The van der Waals surface area contributed by atoms with Crippen LogP contribution in [-0.4, -0.2) is 9.49 Å². The topological polar surface area (TPSA) is 65.1 Å². The molecule has 1 aliphatic rings. The van der Waals surface area contributed by atoms with E-state index in [2.05, 4.69) is 15.9 Å². The fourth-order valence-corrected chi connectivity index (χ4v) is 2.06. The van der Waals surface area contributed by atoms with Gasteiger partial charge in [-0.2, -0.15) is 0 Å². The molecule has 1 heterocycles. The highest BCUT2D eigenvalue weighted by Gasteiger charge is 2.24. The van der Waals surface area contributed by atoms with E-state index in [9.17, 15) is 14.9 Å². The SMILES string of the molecule is O=c1c([N+](=O)[O-])cc(Br)cn1C1CCC1. The molecule has 80 valence electrons. The lowest BCUT2D eigenvalue weighted by atomic mass is 9.93. The van der Waals surface area contributed by atoms with Crippen LogP contribution in [-0.2, 0) is 0 Å². The summed E-state index contributed by atoms with van der Waals surface area (Å²) >= 11 is 3.17. The molecule has 5 nitrogen and oxygen atoms in total. The number of hydrogen-bond donors (Lipinski definition) is 0. The first kappa shape index (κ1) is 10.4. The highest BCUT2D eigenvalue weighted by molar-refractivity contribution is 9.10. The maximum atomic E-state index is 11.7. The smallest absolute Gasteiger partial charge is 0.305 e. The summed E-state index contributed by atoms with van der Waals surface area (Å²) < 4.78 is 2.03. The van der Waals surface area contributed by atoms with Crippen LogP contribution in [0.15, 0.2) is 21.5 Å². The van der Waals surface area contributed by atoms with Crippen molar-refractivity contribution in [2.45, 2.75) is 25.3 Å². The molecular weight excluding hydrogens is 264 g/mol. The molecule has 0 radical (unpaired) electrons. The molecule has 1 aromatic heterocycles. The number of rotatable bonds is 2. The number of halogens is 1. The molecule has 1 saturated carbocycles. The third kappa shape index (κ3) is 1.81. The molecule has 0 aromatic carbocycles. The van der Waals surface area contributed by atoms with Crippen molar-refractivity contribution in [3.63, 3.8) is 0 Å². The molecule has 6 heteroatoms. The predicted molar refractivity (Wildman–Crippen MR) is 57.9 cm³/mol. The quantitative estimate of drug-likeness (QED) is 0.613. The van der Waals surface area contributed by atoms with Gasteiger partial charge >= 0.3 is 11.2 Å². The van der Waals surface area contributed by atoms with Crippen LogP contribution in [0.1, 0.15) is 25.3 Å². The van der Waals surface area contributed by atoms with Gasteiger partial charge in [-0.05, 0) is 35.2 Å². The van der Waals surface area contributed by atoms with Crippen LogP contribution in [0.4, 0.5) is 5.69 Å². The predicted octanol–water partition coefficient (Wildman–Crippen LogP) is 2.24. The lowest BCUT2D eigenvalue weighted by molar-refractivity contribution is -0.386. The fourth-order valence-electron chi connectivity index (χ4n) is 1.62. The third-order valence-corrected chi connectivity index (χ3v) is 3.09. The van der Waals surface area contributed by atoms with Gasteiger partial charge in [0, 0.05) is 22.8 Å². The summed E-state index contributed by atoms with van der Waals surface area (Å²) in [6.45, 7) is 0. The van der Waals surface area contributed by atoms with Gasteiger partial charge in [0.05, 0.1) is 4.92 Å². The molecule has 0 spiro atoms. The van der Waals surface area contributed by atoms with Gasteiger partial charge in [-0.15, -0.1) is 0 Å². The van der Waals surface area contributed by atoms with Gasteiger partial charge in [-0.25, -0.2) is 0 Å². The van der Waals surface area contributed by atoms with Gasteiger partial charge < -0.3 is 4.57 Å². The minimum Gasteiger partial charge on any atom is -0.305 e. The first-order chi connectivity index (χ1) is 7.09. The van der Waals surface area contributed by atoms with Crippen LogP contribution in [0.25, 0.3) is 0 Å². The van der Waals surface area contributed by atoms with Crippen molar-refractivity contribution in [2.75, 3.05) is 0 Å². The second kappa shape index (κ2) is 3.77. The van der Waals surface area contributed by atoms with Crippen LogP contribution in [0.5, 0.6) is 0 Å². The highest BCUT2D eigenvalue weighted by atomic mass is 79.9. The van der Waals surface area contributed by atoms with Crippen molar-refractivity contribution in [3.05, 3.63) is 37.2 Å². The first-order valence-electron chi connectivity index (χ1n) is 4.65. The molecule has 0 N–H and O–H groups in total. The Hall–Kier alpha value is -1.17. The summed E-state index contributed by atoms with van der Waals surface area (Å²) in [4.78, 5) is 21.7. The lowest BCUT2D eigenvalue weighted by Gasteiger charge is -2.27. The zero-order valence-corrected chi connectivity index (χ0v) is 9.44. The Labute approximate surface area is 94.0 Å². The van der Waals surface area contributed by atoms with Crippen LogP contribution in [0.3, 0.4) is 0 Å². The molecule has 1 fully saturated rings. The zero-order chi connectivity index (χ0) is 11.0. The van der Waals surface area contributed by atoms with Crippen molar-refractivity contribution >= 4 is 21.6 Å². The molecule has 0 aliphatic heterocycles. The van der Waals surface area contributed by atoms with Gasteiger partial charge in [-0.3, -0.25) is 14.9 Å². The van der Waals surface area contributed by atoms with E-state index in [1.807, 2.05) is 0 Å². The van der Waals surface area contributed by atoms with E-state index in [1.165, 1.54) is 10.6 Å². The summed E-state index contributed by atoms with van der Waals surface area (Å²) in [5, 5.41) is 10.6. The van der Waals surface area contributed by atoms with Crippen molar-refractivity contribution < 1.29 is 4.92 Å². The Morgan fingerprint density at radius 2 is 2.20 bits per heavy atom. The van der Waals surface area contributed by atoms with Gasteiger partial charge in [-0.1, -0.05) is 0 Å². The van der Waals surface area contributed by atoms with Gasteiger partial charge in [0.1, 0.15) is 0 Å². The van der Waals surface area contributed by atoms with E-state index < -0.39 is 10.5 Å². The molecule has 0 atom stereocenters. The normalized spacial score (nSPS) is 16.1. The lowest BCUT2D eigenvalue weighted by Crippen LogP contribution is -2.29. The molecule has 15 heavy (non-hydrogen) atoms. The van der Waals surface area contributed by atoms with E-state index in [0.29, 0.717) is 4.47 Å². The molecule has 1 aromatic rings. The minimum atomic E-state index is -0.637. The van der Waals surface area contributed by atoms with E-state index in [4.69, 9.17) is 0 Å². The molecule has 2 rings (SSSR count). The Morgan fingerprint density at radius 1 is 1.53 bits per heavy atom. The second-order valence-electron chi connectivity index (χ2n) is 3.60. The largest absolute Gasteiger partial charge is 0.335 e. The molecule has 0 unspecified atom stereocenters. The average molecular weight is 273 g/mol. The van der Waals surface area contributed by atoms with Gasteiger partial charge in [0.15, 0.2) is 0 Å². The summed E-state index contributed by atoms with van der Waals surface area (Å²) in [6, 6.07) is 1.38. The Bertz CT molecular complexity index is 465. The molecule has 0 amide bonds. The van der Waals surface area contributed by atoms with Crippen LogP contribution < -0.4 is 5.56 Å². The molecule has 0 saturated heterocycles. The zero-order valence-electron chi connectivity index (χ0n) is 7.85. The van der Waals surface area contributed by atoms with Crippen molar-refractivity contribution in [2.24, 2.45) is 0 Å². The maximum Gasteiger partial charge on any atom is 0.335 e. The first-order valence-corrected chi connectivity index (χ1v) is 5.45. The molecule has 0 bridgehead atoms. The average Bonchev–Trinajstić information content (AvgIpc) is 2.07. The Kier molecular flexibility index (Phi) is 2.60. The monoisotopic (exact) mass is 272 g/mol. The summed E-state index contributed by atoms with van der Waals surface area (Å²) in [5.74, 6) is 0. The number of pyridine rings is 1. The minimum absolute atomic E-state index is 0.133. The van der Waals surface area contributed by atoms with Gasteiger partial charge in [0.25, 0.3) is 0 Å². The van der Waals surface area contributed by atoms with Crippen molar-refractivity contribution in [3.8, 4) is 0 Å². The number of nitro groups is 1. The molecule has 1 aliphatic carbocycles. The fraction of sp³-hybridized carbons (Fsp3) is 0.444. The maximum absolute atomic E-state index is 11.7. The summed E-state index contributed by atoms with van der Waals surface area (Å²) in [6.07, 6.45) is 4.55. The Morgan fingerprint density at radius 3 is 2.67 bits per heavy atom. The summed E-state index contributed by atoms with van der Waals surface area (Å²) in [5.41, 5.74) is -0.871. The van der Waals surface area contributed by atoms with Crippen LogP contribution in [0.2, 0.25) is 0 Å². The van der Waals surface area contributed by atoms with E-state index in [0.717, 1.165) is 19.3 Å². The third-order valence-electron chi connectivity index (χ3n) is 2.66. The van der Waals surface area contributed by atoms with E-state index in [-0.39, 0.29) is 11.7 Å². The number of hydrogen-bond acceptors (Lipinski definition) is 3.